The molecule has 4 amide bonds. The first-order valence-electron chi connectivity index (χ1n) is 7.43. The third-order valence-electron chi connectivity index (χ3n) is 3.87. The summed E-state index contributed by atoms with van der Waals surface area (Å²) in [4.78, 5) is 37.9. The van der Waals surface area contributed by atoms with E-state index in [0.29, 0.717) is 11.3 Å². The number of imide groups is 1. The van der Waals surface area contributed by atoms with E-state index in [2.05, 4.69) is 31.7 Å². The van der Waals surface area contributed by atoms with Gasteiger partial charge < -0.3 is 15.2 Å². The van der Waals surface area contributed by atoms with Crippen LogP contribution < -0.4 is 10.6 Å². The number of aryl methyl sites for hydroxylation is 1. The fraction of sp³-hybridized carbons (Fsp3) is 0.250. The van der Waals surface area contributed by atoms with Gasteiger partial charge in [0.2, 0.25) is 5.91 Å². The van der Waals surface area contributed by atoms with Gasteiger partial charge in [0.1, 0.15) is 17.8 Å². The number of nitrogens with one attached hydrogen (secondary N) is 2. The molecule has 1 aliphatic heterocycles. The number of anilines is 1. The maximum absolute atomic E-state index is 12.8. The van der Waals surface area contributed by atoms with E-state index in [1.54, 1.807) is 32.0 Å². The van der Waals surface area contributed by atoms with Gasteiger partial charge in [-0.1, -0.05) is 33.2 Å². The number of aromatic nitrogens is 1. The quantitative estimate of drug-likeness (QED) is 0.756. The number of rotatable bonds is 4. The van der Waals surface area contributed by atoms with Crippen molar-refractivity contribution in [3.8, 4) is 0 Å². The molecule has 130 valence electrons. The Kier molecular flexibility index (Phi) is 4.34. The number of carbonyl (C=O) groups excluding carboxylic acids is 3. The Hall–Kier alpha value is -2.68. The molecule has 3 rings (SSSR count). The summed E-state index contributed by atoms with van der Waals surface area (Å²) < 4.78 is 5.63. The van der Waals surface area contributed by atoms with Crippen LogP contribution in [0.1, 0.15) is 18.2 Å². The zero-order chi connectivity index (χ0) is 18.2. The summed E-state index contributed by atoms with van der Waals surface area (Å²) in [6, 6.07) is 7.99. The molecular formula is C16H15BrN4O4. The molecule has 9 heteroatoms. The van der Waals surface area contributed by atoms with Gasteiger partial charge in [0.05, 0.1) is 0 Å². The molecule has 0 aliphatic carbocycles. The Morgan fingerprint density at radius 3 is 2.80 bits per heavy atom. The molecule has 0 spiro atoms. The van der Waals surface area contributed by atoms with Crippen LogP contribution in [-0.4, -0.2) is 34.4 Å². The molecule has 0 radical (unpaired) electrons. The van der Waals surface area contributed by atoms with Crippen LogP contribution >= 0.6 is 15.9 Å². The number of urea groups is 1. The van der Waals surface area contributed by atoms with E-state index in [9.17, 15) is 14.4 Å². The second-order valence-electron chi connectivity index (χ2n) is 5.83. The van der Waals surface area contributed by atoms with Crippen LogP contribution in [-0.2, 0) is 15.1 Å². The molecule has 0 saturated carbocycles. The lowest BCUT2D eigenvalue weighted by Gasteiger charge is -2.22. The van der Waals surface area contributed by atoms with E-state index in [1.807, 2.05) is 6.07 Å². The molecule has 8 nitrogen and oxygen atoms in total. The first-order chi connectivity index (χ1) is 11.8. The predicted octanol–water partition coefficient (Wildman–Crippen LogP) is 2.15. The summed E-state index contributed by atoms with van der Waals surface area (Å²) >= 11 is 3.35. The molecule has 25 heavy (non-hydrogen) atoms. The van der Waals surface area contributed by atoms with Gasteiger partial charge in [0.15, 0.2) is 5.82 Å². The number of carbonyl (C=O) groups is 3. The fourth-order valence-electron chi connectivity index (χ4n) is 2.59. The predicted molar refractivity (Wildman–Crippen MR) is 91.6 cm³/mol. The second-order valence-corrected chi connectivity index (χ2v) is 6.74. The summed E-state index contributed by atoms with van der Waals surface area (Å²) in [6.07, 6.45) is 0. The van der Waals surface area contributed by atoms with Crippen LogP contribution in [0.15, 0.2) is 39.3 Å². The Morgan fingerprint density at radius 1 is 1.40 bits per heavy atom. The second kappa shape index (κ2) is 6.32. The monoisotopic (exact) mass is 406 g/mol. The molecule has 0 unspecified atom stereocenters. The highest BCUT2D eigenvalue weighted by molar-refractivity contribution is 9.10. The first-order valence-corrected chi connectivity index (χ1v) is 8.22. The SMILES string of the molecule is Cc1cc(NC(=O)CN2C(=O)N[C@](C)(c3cccc(Br)c3)C2=O)no1. The van der Waals surface area contributed by atoms with Gasteiger partial charge >= 0.3 is 6.03 Å². The topological polar surface area (TPSA) is 105 Å². The highest BCUT2D eigenvalue weighted by Crippen LogP contribution is 2.30. The largest absolute Gasteiger partial charge is 0.360 e. The van der Waals surface area contributed by atoms with E-state index in [4.69, 9.17) is 4.52 Å². The molecule has 1 fully saturated rings. The van der Waals surface area contributed by atoms with Crippen LogP contribution in [0.2, 0.25) is 0 Å². The molecule has 0 bridgehead atoms. The maximum Gasteiger partial charge on any atom is 0.325 e. The third-order valence-corrected chi connectivity index (χ3v) is 4.37. The number of benzene rings is 1. The molecule has 2 aromatic rings. The number of nitrogens with zero attached hydrogens (tertiary/aromatic N) is 2. The highest BCUT2D eigenvalue weighted by Gasteiger charge is 2.49. The lowest BCUT2D eigenvalue weighted by atomic mass is 9.92. The number of amides is 4. The van der Waals surface area contributed by atoms with Crippen molar-refractivity contribution in [2.75, 3.05) is 11.9 Å². The molecule has 1 aliphatic rings. The van der Waals surface area contributed by atoms with Gasteiger partial charge in [-0.2, -0.15) is 0 Å². The zero-order valence-corrected chi connectivity index (χ0v) is 15.1. The van der Waals surface area contributed by atoms with Crippen molar-refractivity contribution in [1.82, 2.24) is 15.4 Å². The molecule has 1 saturated heterocycles. The lowest BCUT2D eigenvalue weighted by molar-refractivity contribution is -0.133. The van der Waals surface area contributed by atoms with Crippen LogP contribution in [0.5, 0.6) is 0 Å². The maximum atomic E-state index is 12.8. The van der Waals surface area contributed by atoms with E-state index >= 15 is 0 Å². The normalized spacial score (nSPS) is 19.9. The number of hydrogen-bond donors (Lipinski definition) is 2. The van der Waals surface area contributed by atoms with Crippen LogP contribution in [0.3, 0.4) is 0 Å². The lowest BCUT2D eigenvalue weighted by Crippen LogP contribution is -2.42. The summed E-state index contributed by atoms with van der Waals surface area (Å²) in [6.45, 7) is 2.87. The van der Waals surface area contributed by atoms with Gasteiger partial charge in [-0.15, -0.1) is 0 Å². The Morgan fingerprint density at radius 2 is 2.16 bits per heavy atom. The van der Waals surface area contributed by atoms with Crippen molar-refractivity contribution >= 4 is 39.6 Å². The molecule has 2 N–H and O–H groups in total. The van der Waals surface area contributed by atoms with E-state index in [0.717, 1.165) is 9.37 Å². The molecule has 2 heterocycles. The van der Waals surface area contributed by atoms with Gasteiger partial charge in [-0.05, 0) is 31.5 Å². The average Bonchev–Trinajstić information content (AvgIpc) is 3.04. The van der Waals surface area contributed by atoms with Crippen LogP contribution in [0.25, 0.3) is 0 Å². The first kappa shape index (κ1) is 17.2. The Balaban J connectivity index is 1.76. The van der Waals surface area contributed by atoms with Crippen molar-refractivity contribution in [2.24, 2.45) is 0 Å². The minimum Gasteiger partial charge on any atom is -0.360 e. The Bertz CT molecular complexity index is 865. The summed E-state index contributed by atoms with van der Waals surface area (Å²) in [5.74, 6) is -0.283. The molecule has 1 aromatic carbocycles. The Labute approximate surface area is 151 Å². The van der Waals surface area contributed by atoms with Crippen molar-refractivity contribution in [1.29, 1.82) is 0 Å². The smallest absolute Gasteiger partial charge is 0.325 e. The molecule has 1 atom stereocenters. The van der Waals surface area contributed by atoms with Crippen LogP contribution in [0.4, 0.5) is 10.6 Å². The summed E-state index contributed by atoms with van der Waals surface area (Å²) in [5, 5.41) is 8.77. The van der Waals surface area contributed by atoms with E-state index < -0.39 is 29.9 Å². The number of hydrogen-bond acceptors (Lipinski definition) is 5. The van der Waals surface area contributed by atoms with E-state index in [1.165, 1.54) is 6.07 Å². The van der Waals surface area contributed by atoms with Crippen molar-refractivity contribution in [3.63, 3.8) is 0 Å². The fourth-order valence-corrected chi connectivity index (χ4v) is 2.99. The average molecular weight is 407 g/mol. The van der Waals surface area contributed by atoms with Crippen molar-refractivity contribution in [2.45, 2.75) is 19.4 Å². The minimum absolute atomic E-state index is 0.226. The van der Waals surface area contributed by atoms with Gasteiger partial charge in [-0.3, -0.25) is 14.5 Å². The zero-order valence-electron chi connectivity index (χ0n) is 13.5. The van der Waals surface area contributed by atoms with Crippen molar-refractivity contribution < 1.29 is 18.9 Å². The van der Waals surface area contributed by atoms with Gasteiger partial charge in [-0.25, -0.2) is 4.79 Å². The standard InChI is InChI=1S/C16H15BrN4O4/c1-9-6-12(20-25-9)18-13(22)8-21-14(23)16(2,19-15(21)24)10-4-3-5-11(17)7-10/h3-7H,8H2,1-2H3,(H,19,24)(H,18,20,22)/t16-/m1/s1. The van der Waals surface area contributed by atoms with Gasteiger partial charge in [0.25, 0.3) is 5.91 Å². The summed E-state index contributed by atoms with van der Waals surface area (Å²) in [5.41, 5.74) is -0.610. The van der Waals surface area contributed by atoms with Crippen LogP contribution in [0, 0.1) is 6.92 Å². The molecule has 1 aromatic heterocycles. The summed E-state index contributed by atoms with van der Waals surface area (Å²) in [7, 11) is 0. The van der Waals surface area contributed by atoms with Gasteiger partial charge in [0, 0.05) is 10.5 Å². The molecular weight excluding hydrogens is 392 g/mol. The van der Waals surface area contributed by atoms with E-state index in [-0.39, 0.29) is 5.82 Å². The number of halogens is 1. The highest BCUT2D eigenvalue weighted by atomic mass is 79.9. The minimum atomic E-state index is -1.23. The van der Waals surface area contributed by atoms with Crippen molar-refractivity contribution in [3.05, 3.63) is 46.1 Å². The third kappa shape index (κ3) is 3.27.